The van der Waals surface area contributed by atoms with E-state index in [9.17, 15) is 4.79 Å². The monoisotopic (exact) mass is 380 g/mol. The van der Waals surface area contributed by atoms with E-state index in [-0.39, 0.29) is 5.91 Å². The molecule has 3 aromatic heterocycles. The molecule has 4 heterocycles. The second-order valence-electron chi connectivity index (χ2n) is 7.02. The third kappa shape index (κ3) is 3.15. The lowest BCUT2D eigenvalue weighted by Crippen LogP contribution is -2.37. The molecule has 0 aromatic carbocycles. The molecule has 10 heteroatoms. The maximum atomic E-state index is 11.4. The van der Waals surface area contributed by atoms with Crippen LogP contribution >= 0.6 is 0 Å². The smallest absolute Gasteiger partial charge is 0.255 e. The van der Waals surface area contributed by atoms with Crippen molar-refractivity contribution >= 4 is 28.6 Å². The van der Waals surface area contributed by atoms with E-state index in [0.29, 0.717) is 36.8 Å². The zero-order valence-electron chi connectivity index (χ0n) is 15.5. The second-order valence-corrected chi connectivity index (χ2v) is 7.02. The third-order valence-electron chi connectivity index (χ3n) is 4.89. The molecular weight excluding hydrogens is 360 g/mol. The fourth-order valence-electron chi connectivity index (χ4n) is 3.39. The van der Waals surface area contributed by atoms with Crippen molar-refractivity contribution in [3.05, 3.63) is 24.3 Å². The van der Waals surface area contributed by atoms with Crippen LogP contribution in [0.2, 0.25) is 0 Å². The van der Waals surface area contributed by atoms with E-state index in [1.807, 2.05) is 6.07 Å². The van der Waals surface area contributed by atoms with Crippen molar-refractivity contribution in [1.82, 2.24) is 29.7 Å². The molecule has 1 amide bonds. The molecule has 1 aliphatic heterocycles. The van der Waals surface area contributed by atoms with Gasteiger partial charge in [0.1, 0.15) is 12.1 Å². The van der Waals surface area contributed by atoms with Crippen molar-refractivity contribution in [3.63, 3.8) is 0 Å². The molecule has 2 fully saturated rings. The molecule has 28 heavy (non-hydrogen) atoms. The van der Waals surface area contributed by atoms with E-state index in [1.165, 1.54) is 13.3 Å². The summed E-state index contributed by atoms with van der Waals surface area (Å²) in [4.78, 5) is 31.2. The largest absolute Gasteiger partial charge is 0.378 e. The summed E-state index contributed by atoms with van der Waals surface area (Å²) in [6, 6.07) is 1.81. The number of aromatic nitrogens is 6. The summed E-state index contributed by atoms with van der Waals surface area (Å²) >= 11 is 0. The summed E-state index contributed by atoms with van der Waals surface area (Å²) in [6.07, 6.45) is 5.51. The van der Waals surface area contributed by atoms with Gasteiger partial charge in [-0.2, -0.15) is 19.7 Å². The number of hydrogen-bond donors (Lipinski definition) is 1. The predicted octanol–water partition coefficient (Wildman–Crippen LogP) is 1.28. The molecule has 0 atom stereocenters. The van der Waals surface area contributed by atoms with Crippen molar-refractivity contribution in [2.45, 2.75) is 25.7 Å². The Labute approximate surface area is 161 Å². The van der Waals surface area contributed by atoms with Gasteiger partial charge in [-0.25, -0.2) is 9.97 Å². The first-order chi connectivity index (χ1) is 13.7. The topological polar surface area (TPSA) is 111 Å². The first kappa shape index (κ1) is 17.0. The Morgan fingerprint density at radius 3 is 2.71 bits per heavy atom. The first-order valence-corrected chi connectivity index (χ1v) is 9.37. The first-order valence-electron chi connectivity index (χ1n) is 9.37. The van der Waals surface area contributed by atoms with Gasteiger partial charge in [0.15, 0.2) is 0 Å². The normalized spacial score (nSPS) is 17.1. The molecular formula is C18H20N8O2. The Morgan fingerprint density at radius 2 is 1.96 bits per heavy atom. The van der Waals surface area contributed by atoms with Crippen LogP contribution in [-0.2, 0) is 9.53 Å². The summed E-state index contributed by atoms with van der Waals surface area (Å²) < 4.78 is 7.13. The summed E-state index contributed by atoms with van der Waals surface area (Å²) in [7, 11) is 0. The number of morpholine rings is 1. The summed E-state index contributed by atoms with van der Waals surface area (Å²) in [6.45, 7) is 4.26. The lowest BCUT2D eigenvalue weighted by atomic mass is 10.2. The van der Waals surface area contributed by atoms with Crippen LogP contribution in [0.5, 0.6) is 0 Å². The average molecular weight is 380 g/mol. The number of nitrogens with zero attached hydrogens (tertiary/aromatic N) is 7. The van der Waals surface area contributed by atoms with Gasteiger partial charge in [-0.1, -0.05) is 0 Å². The highest BCUT2D eigenvalue weighted by atomic mass is 16.5. The standard InChI is InChI=1S/C18H20N8O2/c1-11(27)22-15-8-14-13(9-19-15)16(12-2-3-12)24-26(14)18-21-10-20-17(23-18)25-4-6-28-7-5-25/h8-10,12H,2-7H2,1H3,(H,19,22,27). The van der Waals surface area contributed by atoms with Crippen LogP contribution in [0.15, 0.2) is 18.6 Å². The molecule has 1 saturated carbocycles. The highest BCUT2D eigenvalue weighted by Crippen LogP contribution is 2.42. The van der Waals surface area contributed by atoms with Gasteiger partial charge in [0.2, 0.25) is 11.9 Å². The van der Waals surface area contributed by atoms with Gasteiger partial charge in [0, 0.05) is 43.6 Å². The Balaban J connectivity index is 1.60. The fourth-order valence-corrected chi connectivity index (χ4v) is 3.39. The van der Waals surface area contributed by atoms with Crippen molar-refractivity contribution in [1.29, 1.82) is 0 Å². The van der Waals surface area contributed by atoms with E-state index in [4.69, 9.17) is 9.84 Å². The number of carbonyl (C=O) groups is 1. The molecule has 1 aliphatic carbocycles. The van der Waals surface area contributed by atoms with Crippen LogP contribution in [0.1, 0.15) is 31.4 Å². The minimum Gasteiger partial charge on any atom is -0.378 e. The lowest BCUT2D eigenvalue weighted by molar-refractivity contribution is -0.114. The SMILES string of the molecule is CC(=O)Nc1cc2c(cn1)c(C1CC1)nn2-c1ncnc(N2CCOCC2)n1. The Morgan fingerprint density at radius 1 is 1.18 bits per heavy atom. The Bertz CT molecular complexity index is 1040. The van der Waals surface area contributed by atoms with Crippen LogP contribution < -0.4 is 10.2 Å². The molecule has 10 nitrogen and oxygen atoms in total. The highest BCUT2D eigenvalue weighted by Gasteiger charge is 2.30. The number of anilines is 2. The van der Waals surface area contributed by atoms with Crippen LogP contribution in [0, 0.1) is 0 Å². The molecule has 1 saturated heterocycles. The van der Waals surface area contributed by atoms with Crippen LogP contribution in [0.3, 0.4) is 0 Å². The zero-order valence-corrected chi connectivity index (χ0v) is 15.5. The minimum absolute atomic E-state index is 0.171. The van der Waals surface area contributed by atoms with Crippen molar-refractivity contribution in [2.24, 2.45) is 0 Å². The van der Waals surface area contributed by atoms with E-state index in [1.54, 1.807) is 10.9 Å². The Hall–Kier alpha value is -3.14. The number of hydrogen-bond acceptors (Lipinski definition) is 8. The maximum Gasteiger partial charge on any atom is 0.255 e. The average Bonchev–Trinajstić information content (AvgIpc) is 3.49. The molecule has 0 radical (unpaired) electrons. The fraction of sp³-hybridized carbons (Fsp3) is 0.444. The quantitative estimate of drug-likeness (QED) is 0.720. The number of nitrogens with one attached hydrogen (secondary N) is 1. The zero-order chi connectivity index (χ0) is 19.1. The number of carbonyl (C=O) groups excluding carboxylic acids is 1. The number of fused-ring (bicyclic) bond motifs is 1. The van der Waals surface area contributed by atoms with Crippen molar-refractivity contribution in [2.75, 3.05) is 36.5 Å². The van der Waals surface area contributed by atoms with Gasteiger partial charge in [-0.15, -0.1) is 0 Å². The number of rotatable bonds is 4. The van der Waals surface area contributed by atoms with Gasteiger partial charge in [-0.05, 0) is 12.8 Å². The van der Waals surface area contributed by atoms with E-state index < -0.39 is 0 Å². The van der Waals surface area contributed by atoms with Crippen molar-refractivity contribution in [3.8, 4) is 5.95 Å². The van der Waals surface area contributed by atoms with Crippen LogP contribution in [0.25, 0.3) is 16.9 Å². The lowest BCUT2D eigenvalue weighted by Gasteiger charge is -2.26. The molecule has 1 N–H and O–H groups in total. The number of pyridine rings is 1. The summed E-state index contributed by atoms with van der Waals surface area (Å²) in [5.74, 6) is 1.81. The van der Waals surface area contributed by atoms with Crippen molar-refractivity contribution < 1.29 is 9.53 Å². The van der Waals surface area contributed by atoms with Crippen LogP contribution in [-0.4, -0.2) is 61.9 Å². The predicted molar refractivity (Wildman–Crippen MR) is 102 cm³/mol. The van der Waals surface area contributed by atoms with E-state index in [2.05, 4.69) is 30.2 Å². The maximum absolute atomic E-state index is 11.4. The molecule has 3 aromatic rings. The van der Waals surface area contributed by atoms with E-state index in [0.717, 1.165) is 42.5 Å². The summed E-state index contributed by atoms with van der Waals surface area (Å²) in [5, 5.41) is 8.49. The summed E-state index contributed by atoms with van der Waals surface area (Å²) in [5.41, 5.74) is 1.82. The number of amides is 1. The number of ether oxygens (including phenoxy) is 1. The Kier molecular flexibility index (Phi) is 4.12. The second kappa shape index (κ2) is 6.79. The minimum atomic E-state index is -0.171. The highest BCUT2D eigenvalue weighted by molar-refractivity contribution is 5.91. The van der Waals surface area contributed by atoms with Gasteiger partial charge < -0.3 is 15.0 Å². The molecule has 144 valence electrons. The molecule has 5 rings (SSSR count). The van der Waals surface area contributed by atoms with Crippen LogP contribution in [0.4, 0.5) is 11.8 Å². The van der Waals surface area contributed by atoms with Gasteiger partial charge in [0.25, 0.3) is 5.95 Å². The van der Waals surface area contributed by atoms with E-state index >= 15 is 0 Å². The van der Waals surface area contributed by atoms with Gasteiger partial charge >= 0.3 is 0 Å². The molecule has 0 bridgehead atoms. The van der Waals surface area contributed by atoms with Gasteiger partial charge in [0.05, 0.1) is 24.4 Å². The van der Waals surface area contributed by atoms with Gasteiger partial charge in [-0.3, -0.25) is 4.79 Å². The molecule has 2 aliphatic rings. The third-order valence-corrected chi connectivity index (χ3v) is 4.89. The molecule has 0 unspecified atom stereocenters. The molecule has 0 spiro atoms.